The number of nitrogens with zero attached hydrogens (tertiary/aromatic N) is 1. The van der Waals surface area contributed by atoms with Crippen LogP contribution in [-0.2, 0) is 4.79 Å². The highest BCUT2D eigenvalue weighted by Crippen LogP contribution is 2.41. The van der Waals surface area contributed by atoms with E-state index in [2.05, 4.69) is 11.6 Å². The molecule has 23 heavy (non-hydrogen) atoms. The van der Waals surface area contributed by atoms with E-state index in [1.807, 2.05) is 36.4 Å². The SMILES string of the molecule is C=C(C)C(=O)Oc1cccc(-c2nc3ccccc3s2)c1OC. The summed E-state index contributed by atoms with van der Waals surface area (Å²) >= 11 is 1.56. The van der Waals surface area contributed by atoms with E-state index in [-0.39, 0.29) is 0 Å². The number of methoxy groups -OCH3 is 1. The summed E-state index contributed by atoms with van der Waals surface area (Å²) in [6.45, 7) is 5.19. The van der Waals surface area contributed by atoms with Crippen LogP contribution in [0.1, 0.15) is 6.92 Å². The molecule has 0 amide bonds. The number of benzene rings is 2. The number of aromatic nitrogens is 1. The van der Waals surface area contributed by atoms with Crippen LogP contribution in [0.3, 0.4) is 0 Å². The molecule has 3 aromatic rings. The average Bonchev–Trinajstić information content (AvgIpc) is 2.98. The summed E-state index contributed by atoms with van der Waals surface area (Å²) in [5.74, 6) is 0.364. The summed E-state index contributed by atoms with van der Waals surface area (Å²) in [4.78, 5) is 16.4. The highest BCUT2D eigenvalue weighted by atomic mass is 32.1. The van der Waals surface area contributed by atoms with Crippen LogP contribution in [-0.4, -0.2) is 18.1 Å². The summed E-state index contributed by atoms with van der Waals surface area (Å²) in [6, 6.07) is 13.3. The molecule has 1 aromatic heterocycles. The van der Waals surface area contributed by atoms with Crippen molar-refractivity contribution in [2.45, 2.75) is 6.92 Å². The van der Waals surface area contributed by atoms with Gasteiger partial charge in [0.1, 0.15) is 5.01 Å². The monoisotopic (exact) mass is 325 g/mol. The minimum atomic E-state index is -0.482. The Labute approximate surface area is 138 Å². The average molecular weight is 325 g/mol. The topological polar surface area (TPSA) is 48.4 Å². The molecular formula is C18H15NO3S. The Morgan fingerprint density at radius 1 is 1.17 bits per heavy atom. The minimum Gasteiger partial charge on any atom is -0.492 e. The van der Waals surface area contributed by atoms with Crippen LogP contribution in [0.15, 0.2) is 54.6 Å². The van der Waals surface area contributed by atoms with Crippen LogP contribution in [0, 0.1) is 0 Å². The van der Waals surface area contributed by atoms with Crippen molar-refractivity contribution < 1.29 is 14.3 Å². The van der Waals surface area contributed by atoms with Crippen molar-refractivity contribution in [3.8, 4) is 22.1 Å². The van der Waals surface area contributed by atoms with Gasteiger partial charge >= 0.3 is 5.97 Å². The Morgan fingerprint density at radius 3 is 2.65 bits per heavy atom. The normalized spacial score (nSPS) is 10.5. The van der Waals surface area contributed by atoms with E-state index in [0.717, 1.165) is 20.8 Å². The number of esters is 1. The fourth-order valence-corrected chi connectivity index (χ4v) is 3.14. The Bertz CT molecular complexity index is 865. The van der Waals surface area contributed by atoms with Crippen LogP contribution < -0.4 is 9.47 Å². The highest BCUT2D eigenvalue weighted by Gasteiger charge is 2.17. The maximum atomic E-state index is 11.8. The molecule has 4 nitrogen and oxygen atoms in total. The Hall–Kier alpha value is -2.66. The first-order chi connectivity index (χ1) is 11.1. The molecular weight excluding hydrogens is 310 g/mol. The maximum absolute atomic E-state index is 11.8. The second-order valence-corrected chi connectivity index (χ2v) is 6.02. The molecule has 3 rings (SSSR count). The molecule has 0 aliphatic carbocycles. The van der Waals surface area contributed by atoms with E-state index in [9.17, 15) is 4.79 Å². The number of hydrogen-bond acceptors (Lipinski definition) is 5. The molecule has 0 fully saturated rings. The zero-order valence-electron chi connectivity index (χ0n) is 12.8. The number of para-hydroxylation sites is 2. The molecule has 0 unspecified atom stereocenters. The van der Waals surface area contributed by atoms with Crippen molar-refractivity contribution in [1.82, 2.24) is 4.98 Å². The Balaban J connectivity index is 2.08. The van der Waals surface area contributed by atoms with E-state index in [1.54, 1.807) is 31.4 Å². The van der Waals surface area contributed by atoms with Gasteiger partial charge in [-0.15, -0.1) is 11.3 Å². The van der Waals surface area contributed by atoms with Crippen molar-refractivity contribution in [3.05, 3.63) is 54.6 Å². The molecule has 0 saturated heterocycles. The van der Waals surface area contributed by atoms with Crippen LogP contribution in [0.2, 0.25) is 0 Å². The number of fused-ring (bicyclic) bond motifs is 1. The molecule has 2 aromatic carbocycles. The van der Waals surface area contributed by atoms with E-state index in [0.29, 0.717) is 17.1 Å². The Morgan fingerprint density at radius 2 is 1.96 bits per heavy atom. The van der Waals surface area contributed by atoms with Gasteiger partial charge in [-0.25, -0.2) is 9.78 Å². The molecule has 5 heteroatoms. The van der Waals surface area contributed by atoms with Crippen molar-refractivity contribution >= 4 is 27.5 Å². The second kappa shape index (κ2) is 6.22. The van der Waals surface area contributed by atoms with Crippen LogP contribution >= 0.6 is 11.3 Å². The molecule has 0 atom stereocenters. The fourth-order valence-electron chi connectivity index (χ4n) is 2.15. The van der Waals surface area contributed by atoms with Crippen LogP contribution in [0.25, 0.3) is 20.8 Å². The predicted octanol–water partition coefficient (Wildman–Crippen LogP) is 4.45. The lowest BCUT2D eigenvalue weighted by Gasteiger charge is -2.12. The van der Waals surface area contributed by atoms with Gasteiger partial charge in [-0.05, 0) is 31.2 Å². The zero-order chi connectivity index (χ0) is 16.4. The molecule has 0 spiro atoms. The standard InChI is InChI=1S/C18H15NO3S/c1-11(2)18(20)22-14-9-6-7-12(16(14)21-3)17-19-13-8-4-5-10-15(13)23-17/h4-10H,1H2,2-3H3. The Kier molecular flexibility index (Phi) is 4.12. The second-order valence-electron chi connectivity index (χ2n) is 4.99. The van der Waals surface area contributed by atoms with Gasteiger partial charge in [-0.1, -0.05) is 24.8 Å². The number of thiazole rings is 1. The number of ether oxygens (including phenoxy) is 2. The summed E-state index contributed by atoms with van der Waals surface area (Å²) < 4.78 is 11.9. The molecule has 0 bridgehead atoms. The lowest BCUT2D eigenvalue weighted by atomic mass is 10.2. The molecule has 0 radical (unpaired) electrons. The fraction of sp³-hybridized carbons (Fsp3) is 0.111. The van der Waals surface area contributed by atoms with Gasteiger partial charge in [-0.2, -0.15) is 0 Å². The molecule has 0 aliphatic rings. The van der Waals surface area contributed by atoms with E-state index >= 15 is 0 Å². The summed E-state index contributed by atoms with van der Waals surface area (Å²) in [5, 5.41) is 0.816. The van der Waals surface area contributed by atoms with Crippen molar-refractivity contribution in [2.24, 2.45) is 0 Å². The molecule has 116 valence electrons. The van der Waals surface area contributed by atoms with E-state index in [1.165, 1.54) is 0 Å². The van der Waals surface area contributed by atoms with E-state index in [4.69, 9.17) is 9.47 Å². The van der Waals surface area contributed by atoms with Gasteiger partial charge in [0.25, 0.3) is 0 Å². The summed E-state index contributed by atoms with van der Waals surface area (Å²) in [6.07, 6.45) is 0. The van der Waals surface area contributed by atoms with Crippen LogP contribution in [0.4, 0.5) is 0 Å². The molecule has 0 N–H and O–H groups in total. The maximum Gasteiger partial charge on any atom is 0.338 e. The lowest BCUT2D eigenvalue weighted by molar-refractivity contribution is -0.130. The summed E-state index contributed by atoms with van der Waals surface area (Å²) in [7, 11) is 1.55. The molecule has 0 saturated carbocycles. The largest absolute Gasteiger partial charge is 0.492 e. The van der Waals surface area contributed by atoms with Gasteiger partial charge in [-0.3, -0.25) is 0 Å². The number of carbonyl (C=O) groups excluding carboxylic acids is 1. The number of carbonyl (C=O) groups is 1. The highest BCUT2D eigenvalue weighted by molar-refractivity contribution is 7.21. The third-order valence-corrected chi connectivity index (χ3v) is 4.33. The molecule has 0 aliphatic heterocycles. The smallest absolute Gasteiger partial charge is 0.338 e. The van der Waals surface area contributed by atoms with Crippen LogP contribution in [0.5, 0.6) is 11.5 Å². The van der Waals surface area contributed by atoms with Gasteiger partial charge in [0.15, 0.2) is 11.5 Å². The van der Waals surface area contributed by atoms with Gasteiger partial charge in [0.2, 0.25) is 0 Å². The van der Waals surface area contributed by atoms with Crippen molar-refractivity contribution in [3.63, 3.8) is 0 Å². The zero-order valence-corrected chi connectivity index (χ0v) is 13.6. The first-order valence-electron chi connectivity index (χ1n) is 7.01. The minimum absolute atomic E-state index is 0.331. The number of hydrogen-bond donors (Lipinski definition) is 0. The molecule has 1 heterocycles. The van der Waals surface area contributed by atoms with Gasteiger partial charge < -0.3 is 9.47 Å². The predicted molar refractivity (Wildman–Crippen MR) is 92.1 cm³/mol. The first-order valence-corrected chi connectivity index (χ1v) is 7.82. The third-order valence-electron chi connectivity index (χ3n) is 3.26. The van der Waals surface area contributed by atoms with Crippen molar-refractivity contribution in [2.75, 3.05) is 7.11 Å². The van der Waals surface area contributed by atoms with E-state index < -0.39 is 5.97 Å². The van der Waals surface area contributed by atoms with Gasteiger partial charge in [0, 0.05) is 5.57 Å². The van der Waals surface area contributed by atoms with Gasteiger partial charge in [0.05, 0.1) is 22.9 Å². The summed E-state index contributed by atoms with van der Waals surface area (Å²) in [5.41, 5.74) is 2.05. The number of rotatable bonds is 4. The lowest BCUT2D eigenvalue weighted by Crippen LogP contribution is -2.09. The van der Waals surface area contributed by atoms with Crippen molar-refractivity contribution in [1.29, 1.82) is 0 Å². The first kappa shape index (κ1) is 15.2. The quantitative estimate of drug-likeness (QED) is 0.404. The third kappa shape index (κ3) is 2.96.